The van der Waals surface area contributed by atoms with Crippen molar-refractivity contribution in [2.75, 3.05) is 0 Å². The van der Waals surface area contributed by atoms with Gasteiger partial charge in [0.2, 0.25) is 0 Å². The molecule has 0 saturated heterocycles. The summed E-state index contributed by atoms with van der Waals surface area (Å²) in [6, 6.07) is 7.88. The van der Waals surface area contributed by atoms with Crippen LogP contribution in [0.2, 0.25) is 0 Å². The van der Waals surface area contributed by atoms with Crippen LogP contribution in [0.3, 0.4) is 0 Å². The molecule has 1 aromatic rings. The third-order valence-corrected chi connectivity index (χ3v) is 1.78. The minimum Gasteiger partial charge on any atom is -0.588 e. The quantitative estimate of drug-likeness (QED) is 0.398. The molecule has 0 amide bonds. The molecule has 0 fully saturated rings. The van der Waals surface area contributed by atoms with E-state index >= 15 is 0 Å². The summed E-state index contributed by atoms with van der Waals surface area (Å²) in [6.45, 7) is 0. The minimum absolute atomic E-state index is 0. The molecule has 0 aromatic heterocycles. The zero-order valence-electron chi connectivity index (χ0n) is 6.56. The number of hydrogen-bond donors (Lipinski definition) is 0. The van der Waals surface area contributed by atoms with Crippen LogP contribution in [0.1, 0.15) is 10.4 Å². The van der Waals surface area contributed by atoms with Gasteiger partial charge in [0, 0.05) is 0 Å². The zero-order chi connectivity index (χ0) is 8.27. The summed E-state index contributed by atoms with van der Waals surface area (Å²) < 4.78 is 10.2. The molecule has 0 heterocycles. The van der Waals surface area contributed by atoms with Crippen LogP contribution in [0.15, 0.2) is 30.3 Å². The molecule has 1 aromatic carbocycles. The van der Waals surface area contributed by atoms with Crippen molar-refractivity contribution in [3.8, 4) is 0 Å². The molecule has 0 saturated carbocycles. The van der Waals surface area contributed by atoms with Crippen molar-refractivity contribution in [2.24, 2.45) is 0 Å². The van der Waals surface area contributed by atoms with Gasteiger partial charge in [-0.25, -0.2) is 4.79 Å². The Balaban J connectivity index is 0.00000121. The second kappa shape index (κ2) is 5.57. The number of benzene rings is 1. The number of carbonyl (C=O) groups excluding carboxylic acids is 1. The van der Waals surface area contributed by atoms with E-state index in [1.165, 1.54) is 12.1 Å². The number of hydrogen-bond acceptors (Lipinski definition) is 3. The summed E-state index contributed by atoms with van der Waals surface area (Å²) in [5.74, 6) is 0. The summed E-state index contributed by atoms with van der Waals surface area (Å²) >= 11 is 0. The van der Waals surface area contributed by atoms with Gasteiger partial charge < -0.3 is 4.89 Å². The Kier molecular flexibility index (Phi) is 5.55. The van der Waals surface area contributed by atoms with Crippen molar-refractivity contribution in [3.05, 3.63) is 35.9 Å². The average molecular weight is 191 g/mol. The predicted molar refractivity (Wildman–Crippen MR) is 38.4 cm³/mol. The SMILES string of the molecule is O=C(c1ccccc1)[P+](=O)[O-].[Na+]. The van der Waals surface area contributed by atoms with E-state index in [0.29, 0.717) is 0 Å². The molecule has 0 N–H and O–H groups in total. The molecule has 1 atom stereocenters. The topological polar surface area (TPSA) is 57.2 Å². The van der Waals surface area contributed by atoms with E-state index in [2.05, 4.69) is 0 Å². The summed E-state index contributed by atoms with van der Waals surface area (Å²) in [5, 5.41) is 0. The Morgan fingerprint density at radius 2 is 1.75 bits per heavy atom. The van der Waals surface area contributed by atoms with E-state index in [1.54, 1.807) is 18.2 Å². The average Bonchev–Trinajstić information content (AvgIpc) is 2.05. The molecule has 0 aliphatic rings. The van der Waals surface area contributed by atoms with E-state index in [1.807, 2.05) is 0 Å². The van der Waals surface area contributed by atoms with Crippen LogP contribution in [-0.2, 0) is 4.57 Å². The fourth-order valence-corrected chi connectivity index (χ4v) is 1.05. The molecule has 12 heavy (non-hydrogen) atoms. The van der Waals surface area contributed by atoms with Crippen LogP contribution in [0.4, 0.5) is 0 Å². The van der Waals surface area contributed by atoms with Crippen LogP contribution in [-0.4, -0.2) is 5.52 Å². The molecule has 5 heteroatoms. The summed E-state index contributed by atoms with van der Waals surface area (Å²) in [7, 11) is -2.98. The first-order valence-electron chi connectivity index (χ1n) is 2.95. The van der Waals surface area contributed by atoms with E-state index in [0.717, 1.165) is 0 Å². The van der Waals surface area contributed by atoms with Crippen molar-refractivity contribution >= 4 is 13.6 Å². The van der Waals surface area contributed by atoms with Crippen molar-refractivity contribution in [2.45, 2.75) is 0 Å². The van der Waals surface area contributed by atoms with Crippen LogP contribution in [0.25, 0.3) is 0 Å². The minimum atomic E-state index is -2.98. The van der Waals surface area contributed by atoms with Crippen LogP contribution < -0.4 is 34.5 Å². The van der Waals surface area contributed by atoms with Gasteiger partial charge in [0.05, 0.1) is 5.56 Å². The Hall–Kier alpha value is -0.0500. The number of rotatable bonds is 2. The normalized spacial score (nSPS) is 9.92. The third-order valence-electron chi connectivity index (χ3n) is 1.19. The van der Waals surface area contributed by atoms with Crippen molar-refractivity contribution in [3.63, 3.8) is 0 Å². The second-order valence-electron chi connectivity index (χ2n) is 1.93. The Morgan fingerprint density at radius 3 is 2.17 bits per heavy atom. The molecule has 1 rings (SSSR count). The van der Waals surface area contributed by atoms with Crippen LogP contribution in [0, 0.1) is 0 Å². The Labute approximate surface area is 93.0 Å². The van der Waals surface area contributed by atoms with Crippen molar-refractivity contribution in [1.82, 2.24) is 0 Å². The van der Waals surface area contributed by atoms with Gasteiger partial charge in [-0.1, -0.05) is 22.8 Å². The van der Waals surface area contributed by atoms with Crippen molar-refractivity contribution < 1.29 is 43.8 Å². The maximum atomic E-state index is 10.7. The first-order valence-corrected chi connectivity index (χ1v) is 4.13. The maximum absolute atomic E-state index is 10.7. The summed E-state index contributed by atoms with van der Waals surface area (Å²) in [6.07, 6.45) is 0. The van der Waals surface area contributed by atoms with E-state index < -0.39 is 13.6 Å². The molecular weight excluding hydrogens is 186 g/mol. The van der Waals surface area contributed by atoms with Gasteiger partial charge in [0.25, 0.3) is 0 Å². The van der Waals surface area contributed by atoms with Gasteiger partial charge in [-0.15, -0.1) is 0 Å². The predicted octanol–water partition coefficient (Wildman–Crippen LogP) is -2.07. The van der Waals surface area contributed by atoms with Gasteiger partial charge in [-0.05, 0) is 12.1 Å². The third kappa shape index (κ3) is 3.13. The molecule has 56 valence electrons. The largest absolute Gasteiger partial charge is 1.00 e. The standard InChI is InChI=1S/C7H5O3P.Na/c8-7(11(9)10)6-4-2-1-3-5-6;/h1-5H;/q;+1. The summed E-state index contributed by atoms with van der Waals surface area (Å²) in [5.41, 5.74) is -0.621. The first kappa shape index (κ1) is 11.9. The molecule has 1 unspecified atom stereocenters. The van der Waals surface area contributed by atoms with Gasteiger partial charge in [0.15, 0.2) is 0 Å². The first-order chi connectivity index (χ1) is 5.22. The van der Waals surface area contributed by atoms with Gasteiger partial charge in [-0.3, -0.25) is 0 Å². The fraction of sp³-hybridized carbons (Fsp3) is 0. The molecule has 0 aliphatic carbocycles. The molecular formula is C7H5NaO3P+. The molecule has 3 nitrogen and oxygen atoms in total. The monoisotopic (exact) mass is 191 g/mol. The maximum Gasteiger partial charge on any atom is 1.00 e. The van der Waals surface area contributed by atoms with Crippen LogP contribution >= 0.6 is 8.03 Å². The van der Waals surface area contributed by atoms with E-state index in [4.69, 9.17) is 0 Å². The fourth-order valence-electron chi connectivity index (χ4n) is 0.686. The van der Waals surface area contributed by atoms with Gasteiger partial charge in [0.1, 0.15) is 0 Å². The Bertz CT molecular complexity index is 286. The van der Waals surface area contributed by atoms with E-state index in [-0.39, 0.29) is 35.1 Å². The van der Waals surface area contributed by atoms with Gasteiger partial charge in [-0.2, -0.15) is 0 Å². The molecule has 0 aliphatic heterocycles. The van der Waals surface area contributed by atoms with E-state index in [9.17, 15) is 14.3 Å². The smallest absolute Gasteiger partial charge is 0.588 e. The van der Waals surface area contributed by atoms with Gasteiger partial charge >= 0.3 is 43.1 Å². The molecule has 0 spiro atoms. The number of carbonyl (C=O) groups is 1. The second-order valence-corrected chi connectivity index (χ2v) is 2.85. The molecule has 0 radical (unpaired) electrons. The summed E-state index contributed by atoms with van der Waals surface area (Å²) in [4.78, 5) is 20.9. The van der Waals surface area contributed by atoms with Crippen molar-refractivity contribution in [1.29, 1.82) is 0 Å². The molecule has 0 bridgehead atoms. The van der Waals surface area contributed by atoms with Crippen LogP contribution in [0.5, 0.6) is 0 Å². The Morgan fingerprint density at radius 1 is 1.25 bits per heavy atom. The zero-order valence-corrected chi connectivity index (χ0v) is 9.45.